The number of hydrogen-bond acceptors (Lipinski definition) is 6. The highest BCUT2D eigenvalue weighted by molar-refractivity contribution is 7.98. The van der Waals surface area contributed by atoms with Gasteiger partial charge in [0.15, 0.2) is 0 Å². The van der Waals surface area contributed by atoms with E-state index in [1.165, 1.54) is 22.5 Å². The first kappa shape index (κ1) is 9.71. The van der Waals surface area contributed by atoms with E-state index in [4.69, 9.17) is 5.73 Å². The van der Waals surface area contributed by atoms with E-state index in [1.807, 2.05) is 6.26 Å². The average Bonchev–Trinajstić information content (AvgIpc) is 2.59. The zero-order valence-electron chi connectivity index (χ0n) is 7.75. The van der Waals surface area contributed by atoms with E-state index in [0.717, 1.165) is 0 Å². The van der Waals surface area contributed by atoms with Crippen LogP contribution in [0.2, 0.25) is 0 Å². The molecule has 2 aromatic rings. The van der Waals surface area contributed by atoms with Crippen LogP contribution in [0.1, 0.15) is 0 Å². The van der Waals surface area contributed by atoms with E-state index in [0.29, 0.717) is 5.03 Å². The fraction of sp³-hybridized carbons (Fsp3) is 0.143. The maximum Gasteiger partial charge on any atom is 0.333 e. The molecule has 0 saturated heterocycles. The van der Waals surface area contributed by atoms with Gasteiger partial charge in [0.05, 0.1) is 4.92 Å². The predicted molar refractivity (Wildman–Crippen MR) is 55.8 cm³/mol. The Hall–Kier alpha value is -1.83. The number of fused-ring (bicyclic) bond motifs is 1. The minimum Gasteiger partial charge on any atom is -0.384 e. The Morgan fingerprint density at radius 2 is 2.40 bits per heavy atom. The zero-order valence-corrected chi connectivity index (χ0v) is 8.56. The van der Waals surface area contributed by atoms with Crippen LogP contribution in [0.15, 0.2) is 17.3 Å². The highest BCUT2D eigenvalue weighted by Gasteiger charge is 2.18. The third-order valence-corrected chi connectivity index (χ3v) is 2.56. The van der Waals surface area contributed by atoms with E-state index >= 15 is 0 Å². The molecule has 2 aromatic heterocycles. The van der Waals surface area contributed by atoms with Crippen LogP contribution in [0.4, 0.5) is 11.5 Å². The largest absolute Gasteiger partial charge is 0.384 e. The lowest BCUT2D eigenvalue weighted by Crippen LogP contribution is -1.99. The van der Waals surface area contributed by atoms with Crippen molar-refractivity contribution in [1.82, 2.24) is 14.6 Å². The second kappa shape index (κ2) is 3.39. The van der Waals surface area contributed by atoms with Gasteiger partial charge in [0, 0.05) is 6.07 Å². The van der Waals surface area contributed by atoms with Crippen LogP contribution in [0.3, 0.4) is 0 Å². The molecule has 0 unspecified atom stereocenters. The lowest BCUT2D eigenvalue weighted by atomic mass is 10.5. The minimum absolute atomic E-state index is 0.141. The Labute approximate surface area is 88.4 Å². The third kappa shape index (κ3) is 1.48. The predicted octanol–water partition coefficient (Wildman–Crippen LogP) is 0.942. The normalized spacial score (nSPS) is 10.7. The van der Waals surface area contributed by atoms with Gasteiger partial charge in [-0.05, 0) is 6.26 Å². The average molecular weight is 225 g/mol. The number of thioether (sulfide) groups is 1. The number of nitrogens with two attached hydrogens (primary N) is 1. The number of hydrogen-bond donors (Lipinski definition) is 1. The van der Waals surface area contributed by atoms with E-state index in [2.05, 4.69) is 10.1 Å². The third-order valence-electron chi connectivity index (χ3n) is 1.85. The number of nitrogen functional groups attached to an aromatic ring is 1. The molecule has 2 rings (SSSR count). The Bertz CT molecular complexity index is 537. The second-order valence-corrected chi connectivity index (χ2v) is 3.57. The summed E-state index contributed by atoms with van der Waals surface area (Å²) >= 11 is 1.40. The van der Waals surface area contributed by atoms with E-state index in [1.54, 1.807) is 6.07 Å². The van der Waals surface area contributed by atoms with Crippen LogP contribution in [-0.4, -0.2) is 25.8 Å². The van der Waals surface area contributed by atoms with Gasteiger partial charge in [0.2, 0.25) is 5.65 Å². The van der Waals surface area contributed by atoms with Crippen molar-refractivity contribution < 1.29 is 4.92 Å². The minimum atomic E-state index is -0.529. The van der Waals surface area contributed by atoms with E-state index in [-0.39, 0.29) is 17.2 Å². The van der Waals surface area contributed by atoms with Gasteiger partial charge in [-0.1, -0.05) is 0 Å². The van der Waals surface area contributed by atoms with Gasteiger partial charge in [-0.25, -0.2) is 9.50 Å². The number of anilines is 1. The first-order valence-electron chi connectivity index (χ1n) is 3.96. The van der Waals surface area contributed by atoms with Crippen molar-refractivity contribution in [3.05, 3.63) is 22.4 Å². The van der Waals surface area contributed by atoms with Crippen LogP contribution in [0.5, 0.6) is 0 Å². The number of rotatable bonds is 2. The number of aromatic nitrogens is 3. The lowest BCUT2D eigenvalue weighted by molar-refractivity contribution is -0.383. The molecular formula is C7H7N5O2S. The summed E-state index contributed by atoms with van der Waals surface area (Å²) < 4.78 is 1.40. The summed E-state index contributed by atoms with van der Waals surface area (Å²) in [6.07, 6.45) is 3.00. The van der Waals surface area contributed by atoms with Crippen LogP contribution >= 0.6 is 11.8 Å². The van der Waals surface area contributed by atoms with E-state index < -0.39 is 4.92 Å². The lowest BCUT2D eigenvalue weighted by Gasteiger charge is -2.00. The quantitative estimate of drug-likeness (QED) is 0.353. The highest BCUT2D eigenvalue weighted by Crippen LogP contribution is 2.23. The fourth-order valence-electron chi connectivity index (χ4n) is 1.22. The molecule has 15 heavy (non-hydrogen) atoms. The molecule has 8 heteroatoms. The molecule has 0 aromatic carbocycles. The molecule has 0 aliphatic rings. The van der Waals surface area contributed by atoms with Crippen molar-refractivity contribution in [2.24, 2.45) is 0 Å². The van der Waals surface area contributed by atoms with Gasteiger partial charge in [0.1, 0.15) is 17.0 Å². The molecule has 0 amide bonds. The molecule has 2 heterocycles. The molecule has 78 valence electrons. The van der Waals surface area contributed by atoms with E-state index in [9.17, 15) is 10.1 Å². The summed E-state index contributed by atoms with van der Waals surface area (Å²) in [5, 5.41) is 15.3. The smallest absolute Gasteiger partial charge is 0.333 e. The van der Waals surface area contributed by atoms with Gasteiger partial charge in [-0.2, -0.15) is 5.10 Å². The molecule has 0 aliphatic carbocycles. The van der Waals surface area contributed by atoms with Gasteiger partial charge in [-0.3, -0.25) is 10.1 Å². The van der Waals surface area contributed by atoms with Crippen molar-refractivity contribution >= 4 is 28.9 Å². The van der Waals surface area contributed by atoms with Gasteiger partial charge < -0.3 is 5.73 Å². The summed E-state index contributed by atoms with van der Waals surface area (Å²) in [6, 6.07) is 1.62. The Morgan fingerprint density at radius 1 is 1.67 bits per heavy atom. The number of nitro groups is 1. The fourth-order valence-corrected chi connectivity index (χ4v) is 1.76. The van der Waals surface area contributed by atoms with Crippen LogP contribution in [0, 0.1) is 10.1 Å². The van der Waals surface area contributed by atoms with Crippen molar-refractivity contribution in [2.45, 2.75) is 5.03 Å². The molecule has 0 radical (unpaired) electrons. The highest BCUT2D eigenvalue weighted by atomic mass is 32.2. The maximum absolute atomic E-state index is 10.7. The maximum atomic E-state index is 10.7. The Kier molecular flexibility index (Phi) is 2.19. The van der Waals surface area contributed by atoms with Crippen LogP contribution in [0.25, 0.3) is 5.65 Å². The summed E-state index contributed by atoms with van der Waals surface area (Å²) in [4.78, 5) is 14.0. The second-order valence-electron chi connectivity index (χ2n) is 2.75. The van der Waals surface area contributed by atoms with Crippen LogP contribution < -0.4 is 5.73 Å². The molecule has 0 fully saturated rings. The topological polar surface area (TPSA) is 99.3 Å². The molecular weight excluding hydrogens is 218 g/mol. The first-order chi connectivity index (χ1) is 7.13. The molecule has 0 bridgehead atoms. The summed E-state index contributed by atoms with van der Waals surface area (Å²) in [6.45, 7) is 0. The Balaban J connectivity index is 2.80. The summed E-state index contributed by atoms with van der Waals surface area (Å²) in [5.41, 5.74) is 5.57. The number of nitrogens with zero attached hydrogens (tertiary/aromatic N) is 4. The van der Waals surface area contributed by atoms with Gasteiger partial charge >= 0.3 is 5.69 Å². The summed E-state index contributed by atoms with van der Waals surface area (Å²) in [7, 11) is 0. The molecule has 7 nitrogen and oxygen atoms in total. The van der Waals surface area contributed by atoms with Gasteiger partial charge in [-0.15, -0.1) is 11.8 Å². The monoisotopic (exact) mass is 225 g/mol. The molecule has 2 N–H and O–H groups in total. The standard InChI is InChI=1S/C7H7N5O2S/c1-15-6-2-5(8)10-7-4(12(13)14)3-9-11(6)7/h2-3H,1H3,(H2,8,10). The van der Waals surface area contributed by atoms with Crippen LogP contribution in [-0.2, 0) is 0 Å². The zero-order chi connectivity index (χ0) is 11.0. The van der Waals surface area contributed by atoms with Crippen molar-refractivity contribution in [3.8, 4) is 0 Å². The van der Waals surface area contributed by atoms with Crippen molar-refractivity contribution in [1.29, 1.82) is 0 Å². The summed E-state index contributed by atoms with van der Waals surface area (Å²) in [5.74, 6) is 0.246. The molecule has 0 atom stereocenters. The van der Waals surface area contributed by atoms with Gasteiger partial charge in [0.25, 0.3) is 0 Å². The molecule has 0 saturated carbocycles. The van der Waals surface area contributed by atoms with Crippen molar-refractivity contribution in [3.63, 3.8) is 0 Å². The van der Waals surface area contributed by atoms with Crippen molar-refractivity contribution in [2.75, 3.05) is 12.0 Å². The SMILES string of the molecule is CSc1cc(N)nc2c([N+](=O)[O-])cnn12. The molecule has 0 aliphatic heterocycles. The molecule has 0 spiro atoms. The first-order valence-corrected chi connectivity index (χ1v) is 5.18. The Morgan fingerprint density at radius 3 is 3.00 bits per heavy atom.